The number of rotatable bonds is 11. The van der Waals surface area contributed by atoms with Crippen molar-refractivity contribution in [2.75, 3.05) is 19.7 Å². The number of alkyl carbamates (subject to hydrolysis) is 1. The molecule has 2 aromatic rings. The van der Waals surface area contributed by atoms with Crippen LogP contribution in [0, 0.1) is 11.8 Å². The van der Waals surface area contributed by atoms with Crippen LogP contribution in [0.5, 0.6) is 0 Å². The summed E-state index contributed by atoms with van der Waals surface area (Å²) in [6.45, 7) is 0.993. The molecule has 7 nitrogen and oxygen atoms in total. The van der Waals surface area contributed by atoms with Gasteiger partial charge in [-0.3, -0.25) is 9.59 Å². The number of hydrogen-bond donors (Lipinski definition) is 3. The van der Waals surface area contributed by atoms with Crippen molar-refractivity contribution in [3.63, 3.8) is 0 Å². The van der Waals surface area contributed by atoms with Gasteiger partial charge < -0.3 is 20.5 Å². The highest BCUT2D eigenvalue weighted by atomic mass is 16.5. The van der Waals surface area contributed by atoms with Gasteiger partial charge in [-0.1, -0.05) is 74.2 Å². The van der Waals surface area contributed by atoms with Crippen LogP contribution in [0.4, 0.5) is 4.79 Å². The van der Waals surface area contributed by atoms with E-state index in [0.29, 0.717) is 25.4 Å². The largest absolute Gasteiger partial charge is 0.481 e. The van der Waals surface area contributed by atoms with Crippen LogP contribution in [0.1, 0.15) is 62.0 Å². The van der Waals surface area contributed by atoms with Gasteiger partial charge in [0.15, 0.2) is 0 Å². The summed E-state index contributed by atoms with van der Waals surface area (Å²) in [5, 5.41) is 14.8. The van der Waals surface area contributed by atoms with Crippen molar-refractivity contribution < 1.29 is 24.2 Å². The average Bonchev–Trinajstić information content (AvgIpc) is 3.50. The van der Waals surface area contributed by atoms with E-state index in [-0.39, 0.29) is 37.2 Å². The maximum Gasteiger partial charge on any atom is 0.407 e. The van der Waals surface area contributed by atoms with E-state index in [1.165, 1.54) is 11.1 Å². The lowest BCUT2D eigenvalue weighted by atomic mass is 9.88. The van der Waals surface area contributed by atoms with Crippen LogP contribution in [0.3, 0.4) is 0 Å². The fraction of sp³-hybridized carbons (Fsp3) is 0.464. The van der Waals surface area contributed by atoms with Gasteiger partial charge >= 0.3 is 12.1 Å². The lowest BCUT2D eigenvalue weighted by Crippen LogP contribution is -2.34. The zero-order valence-corrected chi connectivity index (χ0v) is 20.0. The van der Waals surface area contributed by atoms with E-state index >= 15 is 0 Å². The van der Waals surface area contributed by atoms with Crippen molar-refractivity contribution in [3.05, 3.63) is 59.7 Å². The predicted molar refractivity (Wildman–Crippen MR) is 133 cm³/mol. The van der Waals surface area contributed by atoms with Gasteiger partial charge in [0.1, 0.15) is 6.61 Å². The Balaban J connectivity index is 1.16. The summed E-state index contributed by atoms with van der Waals surface area (Å²) in [7, 11) is 0. The predicted octanol–water partition coefficient (Wildman–Crippen LogP) is 4.70. The molecule has 0 spiro atoms. The molecule has 1 fully saturated rings. The second kappa shape index (κ2) is 11.9. The molecule has 2 amide bonds. The highest BCUT2D eigenvalue weighted by Gasteiger charge is 2.29. The molecule has 7 heteroatoms. The highest BCUT2D eigenvalue weighted by molar-refractivity contribution is 5.79. The molecule has 0 heterocycles. The molecule has 0 bridgehead atoms. The summed E-state index contributed by atoms with van der Waals surface area (Å²) < 4.78 is 5.51. The molecule has 0 radical (unpaired) electrons. The van der Waals surface area contributed by atoms with Crippen molar-refractivity contribution in [3.8, 4) is 11.1 Å². The number of benzene rings is 2. The summed E-state index contributed by atoms with van der Waals surface area (Å²) in [6.07, 6.45) is 4.71. The van der Waals surface area contributed by atoms with Crippen molar-refractivity contribution in [2.24, 2.45) is 11.8 Å². The Kier molecular flexibility index (Phi) is 8.40. The highest BCUT2D eigenvalue weighted by Crippen LogP contribution is 2.44. The number of hydrogen-bond acceptors (Lipinski definition) is 4. The molecule has 186 valence electrons. The van der Waals surface area contributed by atoms with Crippen LogP contribution in [-0.4, -0.2) is 42.8 Å². The second-order valence-electron chi connectivity index (χ2n) is 9.56. The lowest BCUT2D eigenvalue weighted by Gasteiger charge is -2.22. The number of carboxylic acids is 1. The Hall–Kier alpha value is -3.35. The Labute approximate surface area is 206 Å². The Morgan fingerprint density at radius 2 is 1.57 bits per heavy atom. The zero-order valence-electron chi connectivity index (χ0n) is 20.0. The first-order chi connectivity index (χ1) is 17.0. The Morgan fingerprint density at radius 3 is 2.20 bits per heavy atom. The summed E-state index contributed by atoms with van der Waals surface area (Å²) in [5.74, 6) is -0.562. The first-order valence-electron chi connectivity index (χ1n) is 12.6. The monoisotopic (exact) mass is 478 g/mol. The summed E-state index contributed by atoms with van der Waals surface area (Å²) >= 11 is 0. The number of nitrogens with one attached hydrogen (secondary N) is 2. The van der Waals surface area contributed by atoms with E-state index in [9.17, 15) is 19.5 Å². The standard InChI is InChI=1S/C28H34N2O5/c31-26(30-17-20(16-27(32)33)19-8-1-2-9-19)14-7-15-29-28(34)35-18-25-23-12-5-3-10-21(23)22-11-4-6-13-24(22)25/h3-6,10-13,19-20,25H,1-2,7-9,14-18H2,(H,29,34)(H,30,31)(H,32,33). The first kappa shape index (κ1) is 24.8. The molecule has 0 aromatic heterocycles. The SMILES string of the molecule is O=C(O)CC(CNC(=O)CCCNC(=O)OCC1c2ccccc2-c2ccccc21)C1CCCC1. The Bertz CT molecular complexity index is 1000. The molecule has 0 aliphatic heterocycles. The fourth-order valence-electron chi connectivity index (χ4n) is 5.48. The number of carbonyl (C=O) groups is 3. The lowest BCUT2D eigenvalue weighted by molar-refractivity contribution is -0.138. The van der Waals surface area contributed by atoms with Crippen LogP contribution in [0.25, 0.3) is 11.1 Å². The van der Waals surface area contributed by atoms with E-state index in [1.807, 2.05) is 24.3 Å². The molecular weight excluding hydrogens is 444 g/mol. The third-order valence-electron chi connectivity index (χ3n) is 7.26. The van der Waals surface area contributed by atoms with E-state index in [2.05, 4.69) is 34.9 Å². The minimum absolute atomic E-state index is 0.0116. The zero-order chi connectivity index (χ0) is 24.6. The molecule has 2 aliphatic rings. The number of carboxylic acid groups (broad SMARTS) is 1. The van der Waals surface area contributed by atoms with Crippen LogP contribution in [-0.2, 0) is 14.3 Å². The van der Waals surface area contributed by atoms with E-state index in [4.69, 9.17) is 4.74 Å². The Morgan fingerprint density at radius 1 is 0.943 bits per heavy atom. The summed E-state index contributed by atoms with van der Waals surface area (Å²) in [4.78, 5) is 35.6. The van der Waals surface area contributed by atoms with Crippen LogP contribution in [0.2, 0.25) is 0 Å². The van der Waals surface area contributed by atoms with Gasteiger partial charge in [-0.15, -0.1) is 0 Å². The molecule has 0 saturated heterocycles. The van der Waals surface area contributed by atoms with Gasteiger partial charge in [-0.2, -0.15) is 0 Å². The minimum atomic E-state index is -0.816. The van der Waals surface area contributed by atoms with Crippen LogP contribution < -0.4 is 10.6 Å². The average molecular weight is 479 g/mol. The second-order valence-corrected chi connectivity index (χ2v) is 9.56. The van der Waals surface area contributed by atoms with E-state index in [0.717, 1.165) is 36.8 Å². The number of amides is 2. The molecule has 1 saturated carbocycles. The number of carbonyl (C=O) groups excluding carboxylic acids is 2. The molecule has 1 atom stereocenters. The van der Waals surface area contributed by atoms with Gasteiger partial charge in [0.2, 0.25) is 5.91 Å². The maximum absolute atomic E-state index is 12.2. The quantitative estimate of drug-likeness (QED) is 0.406. The minimum Gasteiger partial charge on any atom is -0.481 e. The third-order valence-corrected chi connectivity index (χ3v) is 7.26. The summed E-state index contributed by atoms with van der Waals surface area (Å²) in [6, 6.07) is 16.4. The smallest absolute Gasteiger partial charge is 0.407 e. The van der Waals surface area contributed by atoms with Gasteiger partial charge in [0.05, 0.1) is 6.42 Å². The number of fused-ring (bicyclic) bond motifs is 3. The maximum atomic E-state index is 12.2. The fourth-order valence-corrected chi connectivity index (χ4v) is 5.48. The number of aliphatic carboxylic acids is 1. The van der Waals surface area contributed by atoms with E-state index < -0.39 is 12.1 Å². The topological polar surface area (TPSA) is 105 Å². The van der Waals surface area contributed by atoms with Crippen molar-refractivity contribution >= 4 is 18.0 Å². The molecule has 3 N–H and O–H groups in total. The molecular formula is C28H34N2O5. The number of ether oxygens (including phenoxy) is 1. The molecule has 2 aromatic carbocycles. The van der Waals surface area contributed by atoms with Crippen molar-refractivity contribution in [2.45, 2.75) is 50.9 Å². The third kappa shape index (κ3) is 6.41. The van der Waals surface area contributed by atoms with Gasteiger partial charge in [-0.05, 0) is 40.5 Å². The van der Waals surface area contributed by atoms with Crippen molar-refractivity contribution in [1.29, 1.82) is 0 Å². The summed E-state index contributed by atoms with van der Waals surface area (Å²) in [5.41, 5.74) is 4.69. The molecule has 4 rings (SSSR count). The van der Waals surface area contributed by atoms with Crippen LogP contribution >= 0.6 is 0 Å². The van der Waals surface area contributed by atoms with Gasteiger partial charge in [0.25, 0.3) is 0 Å². The van der Waals surface area contributed by atoms with Gasteiger partial charge in [-0.25, -0.2) is 4.79 Å². The van der Waals surface area contributed by atoms with Gasteiger partial charge in [0, 0.05) is 25.4 Å². The molecule has 35 heavy (non-hydrogen) atoms. The van der Waals surface area contributed by atoms with Crippen molar-refractivity contribution in [1.82, 2.24) is 10.6 Å². The van der Waals surface area contributed by atoms with E-state index in [1.54, 1.807) is 0 Å². The first-order valence-corrected chi connectivity index (χ1v) is 12.6. The molecule has 2 aliphatic carbocycles. The normalized spacial score (nSPS) is 15.8. The molecule has 1 unspecified atom stereocenters. The van der Waals surface area contributed by atoms with Crippen LogP contribution in [0.15, 0.2) is 48.5 Å².